The highest BCUT2D eigenvalue weighted by atomic mass is 35.5. The van der Waals surface area contributed by atoms with Crippen molar-refractivity contribution in [3.05, 3.63) is 34.6 Å². The third-order valence-corrected chi connectivity index (χ3v) is 2.52. The fourth-order valence-electron chi connectivity index (χ4n) is 1.34. The molecule has 72 valence electrons. The highest BCUT2D eigenvalue weighted by Gasteiger charge is 2.34. The highest BCUT2D eigenvalue weighted by Crippen LogP contribution is 2.39. The van der Waals surface area contributed by atoms with Gasteiger partial charge in [0.1, 0.15) is 5.82 Å². The van der Waals surface area contributed by atoms with Crippen molar-refractivity contribution in [2.24, 2.45) is 5.73 Å². The van der Waals surface area contributed by atoms with Crippen molar-refractivity contribution in [3.63, 3.8) is 0 Å². The van der Waals surface area contributed by atoms with Gasteiger partial charge in [0.2, 0.25) is 0 Å². The Bertz CT molecular complexity index is 316. The van der Waals surface area contributed by atoms with Gasteiger partial charge in [-0.15, -0.1) is 12.4 Å². The maximum atomic E-state index is 12.9. The van der Waals surface area contributed by atoms with Crippen molar-refractivity contribution in [3.8, 4) is 0 Å². The lowest BCUT2D eigenvalue weighted by Crippen LogP contribution is -2.01. The topological polar surface area (TPSA) is 26.0 Å². The van der Waals surface area contributed by atoms with E-state index < -0.39 is 0 Å². The number of benzene rings is 1. The third-order valence-electron chi connectivity index (χ3n) is 2.21. The van der Waals surface area contributed by atoms with Gasteiger partial charge in [-0.25, -0.2) is 4.39 Å². The quantitative estimate of drug-likeness (QED) is 0.776. The lowest BCUT2D eigenvalue weighted by atomic mass is 10.1. The number of halogens is 3. The lowest BCUT2D eigenvalue weighted by Gasteiger charge is -1.99. The van der Waals surface area contributed by atoms with Gasteiger partial charge in [0.25, 0.3) is 0 Å². The summed E-state index contributed by atoms with van der Waals surface area (Å²) >= 11 is 5.54. The fourth-order valence-corrected chi connectivity index (χ4v) is 1.46. The number of hydrogen-bond donors (Lipinski definition) is 1. The summed E-state index contributed by atoms with van der Waals surface area (Å²) in [7, 11) is 0. The molecule has 0 unspecified atom stereocenters. The first-order chi connectivity index (χ1) is 5.68. The minimum absolute atomic E-state index is 0. The van der Waals surface area contributed by atoms with Crippen LogP contribution in [0.1, 0.15) is 17.9 Å². The Labute approximate surface area is 87.5 Å². The third kappa shape index (κ3) is 2.13. The van der Waals surface area contributed by atoms with Crippen molar-refractivity contribution < 1.29 is 4.39 Å². The van der Waals surface area contributed by atoms with Crippen LogP contribution in [-0.4, -0.2) is 6.04 Å². The second kappa shape index (κ2) is 3.82. The van der Waals surface area contributed by atoms with E-state index in [1.165, 1.54) is 6.07 Å². The normalized spacial score (nSPS) is 25.2. The van der Waals surface area contributed by atoms with Gasteiger partial charge >= 0.3 is 0 Å². The fraction of sp³-hybridized carbons (Fsp3) is 0.333. The van der Waals surface area contributed by atoms with Gasteiger partial charge < -0.3 is 5.73 Å². The zero-order valence-corrected chi connectivity index (χ0v) is 8.41. The molecule has 2 rings (SSSR count). The Hall–Kier alpha value is -0.310. The lowest BCUT2D eigenvalue weighted by molar-refractivity contribution is 0.625. The molecule has 0 spiro atoms. The van der Waals surface area contributed by atoms with E-state index >= 15 is 0 Å². The van der Waals surface area contributed by atoms with Gasteiger partial charge in [0.15, 0.2) is 0 Å². The molecule has 1 aromatic rings. The van der Waals surface area contributed by atoms with Crippen LogP contribution in [0.4, 0.5) is 4.39 Å². The Balaban J connectivity index is 0.000000845. The van der Waals surface area contributed by atoms with Crippen LogP contribution < -0.4 is 5.73 Å². The summed E-state index contributed by atoms with van der Waals surface area (Å²) in [5, 5.41) is 0.174. The zero-order valence-electron chi connectivity index (χ0n) is 6.84. The molecule has 0 heterocycles. The standard InChI is InChI=1S/C9H9ClFN.ClH/c10-7-2-1-5(3-8(7)11)6-4-9(6)12;/h1-3,6,9H,4,12H2;1H/t6-,9+;/m1./s1. The largest absolute Gasteiger partial charge is 0.327 e. The van der Waals surface area contributed by atoms with E-state index in [2.05, 4.69) is 0 Å². The van der Waals surface area contributed by atoms with Crippen molar-refractivity contribution in [1.29, 1.82) is 0 Å². The molecule has 2 N–H and O–H groups in total. The molecular weight excluding hydrogens is 212 g/mol. The molecule has 1 nitrogen and oxygen atoms in total. The number of nitrogens with two attached hydrogens (primary N) is 1. The van der Waals surface area contributed by atoms with Crippen molar-refractivity contribution in [2.45, 2.75) is 18.4 Å². The van der Waals surface area contributed by atoms with Crippen LogP contribution in [-0.2, 0) is 0 Å². The van der Waals surface area contributed by atoms with Gasteiger partial charge in [-0.1, -0.05) is 17.7 Å². The summed E-state index contributed by atoms with van der Waals surface area (Å²) in [6.45, 7) is 0. The maximum absolute atomic E-state index is 12.9. The predicted molar refractivity (Wildman–Crippen MR) is 54.0 cm³/mol. The Morgan fingerprint density at radius 2 is 2.08 bits per heavy atom. The van der Waals surface area contributed by atoms with E-state index in [1.54, 1.807) is 6.07 Å². The Kier molecular flexibility index (Phi) is 3.17. The molecule has 1 fully saturated rings. The highest BCUT2D eigenvalue weighted by molar-refractivity contribution is 6.30. The average molecular weight is 222 g/mol. The molecule has 1 aliphatic carbocycles. The minimum Gasteiger partial charge on any atom is -0.327 e. The Morgan fingerprint density at radius 1 is 1.46 bits per heavy atom. The molecule has 0 amide bonds. The number of hydrogen-bond acceptors (Lipinski definition) is 1. The first-order valence-corrected chi connectivity index (χ1v) is 4.27. The minimum atomic E-state index is -0.353. The van der Waals surface area contributed by atoms with Crippen LogP contribution in [0.15, 0.2) is 18.2 Å². The SMILES string of the molecule is Cl.N[C@H]1C[C@@H]1c1ccc(Cl)c(F)c1. The number of rotatable bonds is 1. The summed E-state index contributed by atoms with van der Waals surface area (Å²) < 4.78 is 12.9. The van der Waals surface area contributed by atoms with Gasteiger partial charge in [0, 0.05) is 12.0 Å². The van der Waals surface area contributed by atoms with Crippen LogP contribution >= 0.6 is 24.0 Å². The van der Waals surface area contributed by atoms with Crippen LogP contribution in [0.3, 0.4) is 0 Å². The summed E-state index contributed by atoms with van der Waals surface area (Å²) in [5.41, 5.74) is 6.59. The van der Waals surface area contributed by atoms with Gasteiger partial charge in [-0.3, -0.25) is 0 Å². The molecular formula is C9H10Cl2FN. The van der Waals surface area contributed by atoms with E-state index in [-0.39, 0.29) is 29.3 Å². The van der Waals surface area contributed by atoms with Crippen molar-refractivity contribution in [1.82, 2.24) is 0 Å². The summed E-state index contributed by atoms with van der Waals surface area (Å²) in [5.74, 6) is -0.00923. The zero-order chi connectivity index (χ0) is 8.72. The predicted octanol–water partition coefficient (Wildman–Crippen LogP) is 2.72. The van der Waals surface area contributed by atoms with E-state index in [0.717, 1.165) is 12.0 Å². The van der Waals surface area contributed by atoms with Crippen molar-refractivity contribution >= 4 is 24.0 Å². The van der Waals surface area contributed by atoms with Crippen LogP contribution in [0.2, 0.25) is 5.02 Å². The van der Waals surface area contributed by atoms with Crippen LogP contribution in [0.25, 0.3) is 0 Å². The second-order valence-electron chi connectivity index (χ2n) is 3.18. The molecule has 1 aliphatic rings. The average Bonchev–Trinajstić information content (AvgIpc) is 2.73. The first kappa shape index (κ1) is 10.8. The second-order valence-corrected chi connectivity index (χ2v) is 3.59. The Morgan fingerprint density at radius 3 is 2.54 bits per heavy atom. The molecule has 0 radical (unpaired) electrons. The van der Waals surface area contributed by atoms with E-state index in [0.29, 0.717) is 5.92 Å². The van der Waals surface area contributed by atoms with Gasteiger partial charge in [-0.05, 0) is 24.1 Å². The molecule has 4 heteroatoms. The molecule has 0 saturated heterocycles. The molecule has 0 aliphatic heterocycles. The molecule has 2 atom stereocenters. The molecule has 1 aromatic carbocycles. The first-order valence-electron chi connectivity index (χ1n) is 3.89. The molecule has 0 bridgehead atoms. The molecule has 13 heavy (non-hydrogen) atoms. The van der Waals surface area contributed by atoms with Crippen molar-refractivity contribution in [2.75, 3.05) is 0 Å². The van der Waals surface area contributed by atoms with Gasteiger partial charge in [-0.2, -0.15) is 0 Å². The maximum Gasteiger partial charge on any atom is 0.142 e. The van der Waals surface area contributed by atoms with Gasteiger partial charge in [0.05, 0.1) is 5.02 Å². The van der Waals surface area contributed by atoms with E-state index in [1.807, 2.05) is 6.07 Å². The monoisotopic (exact) mass is 221 g/mol. The summed E-state index contributed by atoms with van der Waals surface area (Å²) in [6.07, 6.45) is 0.959. The summed E-state index contributed by atoms with van der Waals surface area (Å²) in [4.78, 5) is 0. The molecule has 0 aromatic heterocycles. The molecule has 1 saturated carbocycles. The van der Waals surface area contributed by atoms with E-state index in [4.69, 9.17) is 17.3 Å². The van der Waals surface area contributed by atoms with Crippen LogP contribution in [0.5, 0.6) is 0 Å². The summed E-state index contributed by atoms with van der Waals surface area (Å²) in [6, 6.07) is 5.10. The van der Waals surface area contributed by atoms with E-state index in [9.17, 15) is 4.39 Å². The van der Waals surface area contributed by atoms with Crippen LogP contribution in [0, 0.1) is 5.82 Å². The smallest absolute Gasteiger partial charge is 0.142 e.